The molecule has 0 saturated carbocycles. The van der Waals surface area contributed by atoms with Gasteiger partial charge in [0.05, 0.1) is 0 Å². The van der Waals surface area contributed by atoms with Gasteiger partial charge in [0.15, 0.2) is 0 Å². The molecule has 34 heavy (non-hydrogen) atoms. The van der Waals surface area contributed by atoms with Crippen molar-refractivity contribution >= 4 is 42.7 Å². The number of ketones is 1. The Labute approximate surface area is 205 Å². The second-order valence-corrected chi connectivity index (χ2v) is 17.6. The molecular formula is C31H32OSi2. The van der Waals surface area contributed by atoms with E-state index in [9.17, 15) is 4.79 Å². The van der Waals surface area contributed by atoms with Crippen LogP contribution in [-0.2, 0) is 4.79 Å². The van der Waals surface area contributed by atoms with Gasteiger partial charge in [0.2, 0.25) is 0 Å². The highest BCUT2D eigenvalue weighted by Gasteiger charge is 2.47. The van der Waals surface area contributed by atoms with E-state index in [4.69, 9.17) is 0 Å². The number of allylic oxidation sites excluding steroid dienone is 1. The summed E-state index contributed by atoms with van der Waals surface area (Å²) < 4.78 is 0. The topological polar surface area (TPSA) is 17.1 Å². The summed E-state index contributed by atoms with van der Waals surface area (Å²) in [5.74, 6) is 0.201. The lowest BCUT2D eigenvalue weighted by Crippen LogP contribution is -2.70. The van der Waals surface area contributed by atoms with Gasteiger partial charge in [-0.25, -0.2) is 0 Å². The first-order valence-corrected chi connectivity index (χ1v) is 16.9. The standard InChI is InChI=1S/C31H32OSi2/c1-26(32)24-25-31(33(2,27-16-8-4-9-17-27)28-18-10-5-11-19-28)34(3,29-20-12-6-13-21-29)30-22-14-7-15-23-30/h4-23,25H,24H2,1-3H3. The highest BCUT2D eigenvalue weighted by atomic mass is 28.4. The van der Waals surface area contributed by atoms with Crippen LogP contribution in [0.3, 0.4) is 0 Å². The average Bonchev–Trinajstić information content (AvgIpc) is 2.90. The fourth-order valence-electron chi connectivity index (χ4n) is 5.20. The van der Waals surface area contributed by atoms with E-state index >= 15 is 0 Å². The van der Waals surface area contributed by atoms with Crippen molar-refractivity contribution in [2.24, 2.45) is 0 Å². The van der Waals surface area contributed by atoms with Crippen molar-refractivity contribution in [1.29, 1.82) is 0 Å². The maximum absolute atomic E-state index is 12.3. The van der Waals surface area contributed by atoms with Gasteiger partial charge in [0.25, 0.3) is 0 Å². The first-order chi connectivity index (χ1) is 16.5. The van der Waals surface area contributed by atoms with Gasteiger partial charge in [0.1, 0.15) is 21.9 Å². The lowest BCUT2D eigenvalue weighted by molar-refractivity contribution is -0.116. The molecule has 0 aliphatic rings. The van der Waals surface area contributed by atoms with Gasteiger partial charge in [-0.1, -0.05) is 166 Å². The van der Waals surface area contributed by atoms with E-state index < -0.39 is 16.1 Å². The van der Waals surface area contributed by atoms with Crippen molar-refractivity contribution in [3.8, 4) is 0 Å². The molecule has 3 heteroatoms. The quantitative estimate of drug-likeness (QED) is 0.335. The Morgan fingerprint density at radius 3 is 1.06 bits per heavy atom. The summed E-state index contributed by atoms with van der Waals surface area (Å²) in [6.07, 6.45) is 2.76. The number of hydrogen-bond donors (Lipinski definition) is 0. The molecule has 1 nitrogen and oxygen atoms in total. The van der Waals surface area contributed by atoms with Crippen LogP contribution in [0.4, 0.5) is 0 Å². The van der Waals surface area contributed by atoms with Crippen LogP contribution >= 0.6 is 0 Å². The van der Waals surface area contributed by atoms with Gasteiger partial charge in [-0.2, -0.15) is 0 Å². The molecule has 0 radical (unpaired) electrons. The Morgan fingerprint density at radius 2 is 0.824 bits per heavy atom. The second kappa shape index (κ2) is 10.3. The molecule has 0 spiro atoms. The van der Waals surface area contributed by atoms with E-state index in [1.54, 1.807) is 6.92 Å². The molecule has 0 atom stereocenters. The predicted molar refractivity (Wildman–Crippen MR) is 151 cm³/mol. The molecule has 0 saturated heterocycles. The van der Waals surface area contributed by atoms with Crippen molar-refractivity contribution in [1.82, 2.24) is 0 Å². The molecule has 0 fully saturated rings. The van der Waals surface area contributed by atoms with Gasteiger partial charge in [-0.3, -0.25) is 4.79 Å². The Balaban J connectivity index is 2.10. The van der Waals surface area contributed by atoms with Crippen LogP contribution in [0.25, 0.3) is 0 Å². The van der Waals surface area contributed by atoms with Crippen LogP contribution in [0.5, 0.6) is 0 Å². The zero-order valence-corrected chi connectivity index (χ0v) is 22.2. The smallest absolute Gasteiger partial charge is 0.138 e. The summed E-state index contributed by atoms with van der Waals surface area (Å²) in [6, 6.07) is 43.8. The van der Waals surface area contributed by atoms with Crippen LogP contribution in [-0.4, -0.2) is 21.9 Å². The number of Topliss-reactive ketones (excluding diaryl/α,β-unsaturated/α-hetero) is 1. The third-order valence-corrected chi connectivity index (χ3v) is 18.6. The summed E-state index contributed by atoms with van der Waals surface area (Å²) in [5, 5.41) is 5.51. The molecule has 4 aromatic rings. The summed E-state index contributed by atoms with van der Waals surface area (Å²) in [5.41, 5.74) is 0. The van der Waals surface area contributed by atoms with E-state index in [1.165, 1.54) is 25.6 Å². The molecule has 0 N–H and O–H groups in total. The number of rotatable bonds is 8. The zero-order chi connectivity index (χ0) is 24.0. The molecule has 0 aliphatic heterocycles. The largest absolute Gasteiger partial charge is 0.300 e. The third-order valence-electron chi connectivity index (χ3n) is 7.08. The molecule has 0 heterocycles. The maximum Gasteiger partial charge on any atom is 0.138 e. The summed E-state index contributed by atoms with van der Waals surface area (Å²) in [6.45, 7) is 6.64. The van der Waals surface area contributed by atoms with Crippen molar-refractivity contribution in [2.45, 2.75) is 26.4 Å². The van der Waals surface area contributed by atoms with Gasteiger partial charge < -0.3 is 0 Å². The molecule has 0 unspecified atom stereocenters. The van der Waals surface area contributed by atoms with Crippen LogP contribution in [0.15, 0.2) is 132 Å². The first-order valence-electron chi connectivity index (χ1n) is 11.9. The monoisotopic (exact) mass is 476 g/mol. The number of carbonyl (C=O) groups is 1. The Bertz CT molecular complexity index is 1080. The molecule has 170 valence electrons. The zero-order valence-electron chi connectivity index (χ0n) is 20.2. The second-order valence-electron chi connectivity index (χ2n) is 9.24. The van der Waals surface area contributed by atoms with Gasteiger partial charge >= 0.3 is 0 Å². The van der Waals surface area contributed by atoms with Crippen LogP contribution in [0.2, 0.25) is 13.1 Å². The molecule has 4 aromatic carbocycles. The third kappa shape index (κ3) is 4.54. The van der Waals surface area contributed by atoms with Gasteiger partial charge in [-0.05, 0) is 6.92 Å². The lowest BCUT2D eigenvalue weighted by atomic mass is 10.3. The van der Waals surface area contributed by atoms with E-state index in [0.717, 1.165) is 0 Å². The fraction of sp³-hybridized carbons (Fsp3) is 0.129. The summed E-state index contributed by atoms with van der Waals surface area (Å²) in [7, 11) is -4.86. The lowest BCUT2D eigenvalue weighted by Gasteiger charge is -2.42. The molecule has 0 aliphatic carbocycles. The number of hydrogen-bond acceptors (Lipinski definition) is 1. The van der Waals surface area contributed by atoms with Crippen molar-refractivity contribution < 1.29 is 4.79 Å². The van der Waals surface area contributed by atoms with Crippen LogP contribution in [0.1, 0.15) is 13.3 Å². The fourth-order valence-corrected chi connectivity index (χ4v) is 17.3. The van der Waals surface area contributed by atoms with Crippen molar-refractivity contribution in [3.63, 3.8) is 0 Å². The van der Waals surface area contributed by atoms with Gasteiger partial charge in [0, 0.05) is 6.42 Å². The molecule has 4 rings (SSSR count). The maximum atomic E-state index is 12.3. The SMILES string of the molecule is CC(=O)CC=C([Si](C)(c1ccccc1)c1ccccc1)[Si](C)(c1ccccc1)c1ccccc1. The summed E-state index contributed by atoms with van der Waals surface area (Å²) >= 11 is 0. The molecule has 0 bridgehead atoms. The molecule has 0 aromatic heterocycles. The van der Waals surface area contributed by atoms with Crippen molar-refractivity contribution in [3.05, 3.63) is 132 Å². The normalized spacial score (nSPS) is 11.6. The van der Waals surface area contributed by atoms with E-state index in [1.807, 2.05) is 0 Å². The van der Waals surface area contributed by atoms with Crippen LogP contribution in [0, 0.1) is 0 Å². The Hall–Kier alpha value is -3.28. The van der Waals surface area contributed by atoms with E-state index in [0.29, 0.717) is 6.42 Å². The Kier molecular flexibility index (Phi) is 7.25. The highest BCUT2D eigenvalue weighted by Crippen LogP contribution is 2.27. The van der Waals surface area contributed by atoms with E-state index in [2.05, 4.69) is 140 Å². The predicted octanol–water partition coefficient (Wildman–Crippen LogP) is 4.76. The minimum Gasteiger partial charge on any atom is -0.300 e. The molecule has 0 amide bonds. The summed E-state index contributed by atoms with van der Waals surface area (Å²) in [4.78, 5) is 13.8. The highest BCUT2D eigenvalue weighted by molar-refractivity contribution is 7.24. The van der Waals surface area contributed by atoms with Crippen molar-refractivity contribution in [2.75, 3.05) is 0 Å². The Morgan fingerprint density at radius 1 is 0.559 bits per heavy atom. The van der Waals surface area contributed by atoms with E-state index in [-0.39, 0.29) is 5.78 Å². The first kappa shape index (κ1) is 23.9. The number of benzene rings is 4. The van der Waals surface area contributed by atoms with Gasteiger partial charge in [-0.15, -0.1) is 0 Å². The number of carbonyl (C=O) groups excluding carboxylic acids is 1. The van der Waals surface area contributed by atoms with Crippen LogP contribution < -0.4 is 20.7 Å². The minimum atomic E-state index is -2.43. The minimum absolute atomic E-state index is 0.201. The average molecular weight is 477 g/mol. The molecular weight excluding hydrogens is 445 g/mol.